The summed E-state index contributed by atoms with van der Waals surface area (Å²) >= 11 is 0. The maximum absolute atomic E-state index is 12.8. The zero-order chi connectivity index (χ0) is 36.9. The number of nitrogens with zero attached hydrogens (tertiary/aromatic N) is 4. The number of nitrogens with one attached hydrogen (secondary N) is 2. The number of rotatable bonds is 27. The average molecular weight is 705 g/mol. The van der Waals surface area contributed by atoms with Crippen LogP contribution in [0.4, 0.5) is 5.95 Å². The van der Waals surface area contributed by atoms with Crippen LogP contribution in [0.3, 0.4) is 0 Å². The topological polar surface area (TPSA) is 180 Å². The van der Waals surface area contributed by atoms with Gasteiger partial charge in [-0.1, -0.05) is 86.3 Å². The number of allylic oxidation sites excluding steroid dienone is 12. The zero-order valence-electron chi connectivity index (χ0n) is 29.9. The van der Waals surface area contributed by atoms with E-state index in [1.54, 1.807) is 10.9 Å². The van der Waals surface area contributed by atoms with Crippen LogP contribution in [0, 0.1) is 11.8 Å². The summed E-state index contributed by atoms with van der Waals surface area (Å²) in [5.74, 6) is -3.67. The number of unbranched alkanes of at least 4 members (excludes halogenated alkanes) is 1. The van der Waals surface area contributed by atoms with Crippen molar-refractivity contribution in [3.63, 3.8) is 0 Å². The number of carbonyl (C=O) groups excluding carboxylic acids is 2. The van der Waals surface area contributed by atoms with Crippen molar-refractivity contribution in [2.75, 3.05) is 25.1 Å². The number of imidazole rings is 1. The van der Waals surface area contributed by atoms with Gasteiger partial charge in [-0.2, -0.15) is 4.98 Å². The van der Waals surface area contributed by atoms with E-state index in [1.165, 1.54) is 6.20 Å². The van der Waals surface area contributed by atoms with Crippen LogP contribution in [-0.4, -0.2) is 72.4 Å². The average Bonchev–Trinajstić information content (AvgIpc) is 3.53. The number of fused-ring (bicyclic) bond motifs is 1. The molecule has 0 aliphatic heterocycles. The summed E-state index contributed by atoms with van der Waals surface area (Å²) in [6.07, 6.45) is 37.0. The van der Waals surface area contributed by atoms with Crippen molar-refractivity contribution >= 4 is 34.9 Å². The lowest BCUT2D eigenvalue weighted by Crippen LogP contribution is -2.30. The normalized spacial score (nSPS) is 13.0. The Bertz CT molecular complexity index is 1490. The Morgan fingerprint density at radius 1 is 0.804 bits per heavy atom. The third-order valence-electron chi connectivity index (χ3n) is 7.88. The first kappa shape index (κ1) is 42.5. The number of anilines is 1. The lowest BCUT2D eigenvalue weighted by Gasteiger charge is -2.13. The summed E-state index contributed by atoms with van der Waals surface area (Å²) in [5, 5.41) is 33.6. The summed E-state index contributed by atoms with van der Waals surface area (Å²) in [4.78, 5) is 49.4. The molecule has 12 nitrogen and oxygen atoms in total. The Labute approximate surface area is 301 Å². The first-order chi connectivity index (χ1) is 24.9. The number of aryl methyl sites for hydroxylation is 1. The second-order valence-corrected chi connectivity index (χ2v) is 12.0. The largest absolute Gasteiger partial charge is 0.481 e. The summed E-state index contributed by atoms with van der Waals surface area (Å²) in [6, 6.07) is 0. The lowest BCUT2D eigenvalue weighted by molar-refractivity contribution is -0.145. The van der Waals surface area contributed by atoms with E-state index in [4.69, 9.17) is 0 Å². The van der Waals surface area contributed by atoms with Crippen LogP contribution in [0.5, 0.6) is 0 Å². The molecule has 1 unspecified atom stereocenters. The molecule has 12 heteroatoms. The van der Waals surface area contributed by atoms with E-state index in [-0.39, 0.29) is 37.4 Å². The molecule has 278 valence electrons. The highest BCUT2D eigenvalue weighted by atomic mass is 16.4. The van der Waals surface area contributed by atoms with Gasteiger partial charge >= 0.3 is 5.97 Å². The number of hydrogen-bond acceptors (Lipinski definition) is 8. The van der Waals surface area contributed by atoms with Crippen LogP contribution in [-0.2, 0) is 20.9 Å². The van der Waals surface area contributed by atoms with Crippen molar-refractivity contribution in [1.82, 2.24) is 24.8 Å². The molecular weight excluding hydrogens is 648 g/mol. The fourth-order valence-corrected chi connectivity index (χ4v) is 4.85. The number of carboxylic acids is 1. The van der Waals surface area contributed by atoms with E-state index in [2.05, 4.69) is 93.3 Å². The first-order valence-corrected chi connectivity index (χ1v) is 18.0. The molecular formula is C39H56N6O6. The van der Waals surface area contributed by atoms with Crippen molar-refractivity contribution < 1.29 is 29.7 Å². The van der Waals surface area contributed by atoms with Gasteiger partial charge in [-0.3, -0.25) is 19.7 Å². The van der Waals surface area contributed by atoms with Crippen LogP contribution in [0.25, 0.3) is 11.2 Å². The molecule has 51 heavy (non-hydrogen) atoms. The molecule has 0 saturated carbocycles. The van der Waals surface area contributed by atoms with Crippen molar-refractivity contribution in [2.45, 2.75) is 90.5 Å². The van der Waals surface area contributed by atoms with Crippen LogP contribution in [0.2, 0.25) is 0 Å². The fourth-order valence-electron chi connectivity index (χ4n) is 4.85. The minimum atomic E-state index is -1.30. The second-order valence-electron chi connectivity index (χ2n) is 12.0. The van der Waals surface area contributed by atoms with Gasteiger partial charge in [-0.25, -0.2) is 9.97 Å². The summed E-state index contributed by atoms with van der Waals surface area (Å²) in [6.45, 7) is 2.68. The smallest absolute Gasteiger partial charge is 0.316 e. The molecule has 0 spiro atoms. The number of hydrogen-bond donors (Lipinski definition) is 5. The number of aliphatic hydroxyl groups excluding tert-OH is 2. The Hall–Kier alpha value is -4.68. The molecule has 0 saturated heterocycles. The quantitative estimate of drug-likeness (QED) is 0.0410. The van der Waals surface area contributed by atoms with Crippen LogP contribution < -0.4 is 10.6 Å². The molecule has 0 aromatic carbocycles. The van der Waals surface area contributed by atoms with Gasteiger partial charge in [0.2, 0.25) is 17.8 Å². The SMILES string of the molecule is CC/C=C\C/C=C\C/C=C\C/C=C\C/C=C\C/C=C\CCC(=O)NCCCCC(C(=O)O)C(=O)Nc1ncc2ncn(CCC(CO)CO)c2n1. The van der Waals surface area contributed by atoms with Crippen molar-refractivity contribution in [3.8, 4) is 0 Å². The van der Waals surface area contributed by atoms with Gasteiger partial charge < -0.3 is 25.2 Å². The maximum atomic E-state index is 12.8. The molecule has 2 heterocycles. The van der Waals surface area contributed by atoms with E-state index in [9.17, 15) is 29.7 Å². The molecule has 1 atom stereocenters. The van der Waals surface area contributed by atoms with Crippen molar-refractivity contribution in [1.29, 1.82) is 0 Å². The summed E-state index contributed by atoms with van der Waals surface area (Å²) in [7, 11) is 0. The van der Waals surface area contributed by atoms with Crippen LogP contribution in [0.15, 0.2) is 85.4 Å². The van der Waals surface area contributed by atoms with Gasteiger partial charge in [-0.15, -0.1) is 0 Å². The number of carboxylic acid groups (broad SMARTS) is 1. The molecule has 2 rings (SSSR count). The molecule has 0 aliphatic carbocycles. The highest BCUT2D eigenvalue weighted by molar-refractivity contribution is 6.03. The number of aromatic nitrogens is 4. The third kappa shape index (κ3) is 18.8. The van der Waals surface area contributed by atoms with Gasteiger partial charge in [-0.05, 0) is 64.2 Å². The number of aliphatic carboxylic acids is 1. The molecule has 2 aromatic heterocycles. The van der Waals surface area contributed by atoms with Crippen molar-refractivity contribution in [2.24, 2.45) is 11.8 Å². The van der Waals surface area contributed by atoms with E-state index >= 15 is 0 Å². The lowest BCUT2D eigenvalue weighted by atomic mass is 10.0. The Morgan fingerprint density at radius 2 is 1.39 bits per heavy atom. The monoisotopic (exact) mass is 704 g/mol. The molecule has 2 aromatic rings. The third-order valence-corrected chi connectivity index (χ3v) is 7.88. The molecule has 0 bridgehead atoms. The molecule has 5 N–H and O–H groups in total. The van der Waals surface area contributed by atoms with Gasteiger partial charge in [0.1, 0.15) is 11.4 Å². The van der Waals surface area contributed by atoms with Crippen LogP contribution in [0.1, 0.15) is 84.0 Å². The molecule has 0 radical (unpaired) electrons. The molecule has 0 aliphatic rings. The number of carbonyl (C=O) groups is 3. The van der Waals surface area contributed by atoms with E-state index in [1.807, 2.05) is 12.2 Å². The maximum Gasteiger partial charge on any atom is 0.316 e. The van der Waals surface area contributed by atoms with Crippen molar-refractivity contribution in [3.05, 3.63) is 85.4 Å². The molecule has 2 amide bonds. The molecule has 0 fully saturated rings. The first-order valence-electron chi connectivity index (χ1n) is 18.0. The Morgan fingerprint density at radius 3 is 1.96 bits per heavy atom. The standard InChI is InChI=1S/C39H56N6O6/c1-2-3-4-5-6-7-8-9-10-11-12-13-14-15-16-17-18-19-20-24-35(48)40-26-22-21-23-33(38(50)51)37(49)44-39-41-28-34-36(43-39)45(31-42-34)27-25-32(29-46)30-47/h3-4,6-7,9-10,12-13,15-16,18-19,28,31-33,46-47H,2,5,8,11,14,17,20-27,29-30H2,1H3,(H,40,48)(H,50,51)(H,41,43,44,49)/b4-3-,7-6-,10-9-,13-12-,16-15-,19-18-. The predicted molar refractivity (Wildman–Crippen MR) is 202 cm³/mol. The minimum Gasteiger partial charge on any atom is -0.481 e. The Balaban J connectivity index is 1.58. The van der Waals surface area contributed by atoms with Gasteiger partial charge in [0.05, 0.1) is 12.5 Å². The highest BCUT2D eigenvalue weighted by Crippen LogP contribution is 2.16. The zero-order valence-corrected chi connectivity index (χ0v) is 29.9. The summed E-state index contributed by atoms with van der Waals surface area (Å²) < 4.78 is 1.72. The van der Waals surface area contributed by atoms with Gasteiger partial charge in [0.15, 0.2) is 5.65 Å². The van der Waals surface area contributed by atoms with Gasteiger partial charge in [0.25, 0.3) is 0 Å². The van der Waals surface area contributed by atoms with E-state index in [0.717, 1.165) is 38.5 Å². The predicted octanol–water partition coefficient (Wildman–Crippen LogP) is 6.22. The van der Waals surface area contributed by atoms with Crippen LogP contribution >= 0.6 is 0 Å². The summed E-state index contributed by atoms with van der Waals surface area (Å²) in [5.41, 5.74) is 0.935. The second kappa shape index (κ2) is 27.1. The van der Waals surface area contributed by atoms with E-state index < -0.39 is 17.8 Å². The van der Waals surface area contributed by atoms with E-state index in [0.29, 0.717) is 56.4 Å². The fraction of sp³-hybridized carbons (Fsp3) is 0.487. The highest BCUT2D eigenvalue weighted by Gasteiger charge is 2.26. The van der Waals surface area contributed by atoms with Gasteiger partial charge in [0, 0.05) is 38.6 Å². The Kier molecular flexibility index (Phi) is 22.6. The number of amides is 2. The number of aliphatic hydroxyl groups is 2. The minimum absolute atomic E-state index is 0.0412.